The molecule has 0 fully saturated rings. The fourth-order valence-electron chi connectivity index (χ4n) is 1.52. The topological polar surface area (TPSA) is 72.6 Å². The first-order chi connectivity index (χ1) is 9.08. The van der Waals surface area contributed by atoms with Crippen molar-refractivity contribution in [3.05, 3.63) is 28.3 Å². The van der Waals surface area contributed by atoms with Gasteiger partial charge in [-0.15, -0.1) is 11.8 Å². The predicted molar refractivity (Wildman–Crippen MR) is 75.9 cm³/mol. The van der Waals surface area contributed by atoms with Crippen molar-refractivity contribution in [2.75, 3.05) is 13.2 Å². The lowest BCUT2D eigenvalue weighted by molar-refractivity contribution is -0.385. The maximum atomic E-state index is 10.9. The van der Waals surface area contributed by atoms with Gasteiger partial charge in [-0.05, 0) is 18.9 Å². The summed E-state index contributed by atoms with van der Waals surface area (Å²) in [6, 6.07) is 4.89. The Morgan fingerprint density at radius 3 is 2.84 bits per heavy atom. The van der Waals surface area contributed by atoms with E-state index in [1.165, 1.54) is 6.07 Å². The van der Waals surface area contributed by atoms with Crippen molar-refractivity contribution in [2.45, 2.75) is 36.8 Å². The second kappa shape index (κ2) is 8.01. The highest BCUT2D eigenvalue weighted by molar-refractivity contribution is 7.99. The number of thioether (sulfide) groups is 1. The molecule has 0 spiro atoms. The molecule has 106 valence electrons. The second-order valence-corrected chi connectivity index (χ2v) is 5.69. The summed E-state index contributed by atoms with van der Waals surface area (Å²) in [7, 11) is 0. The summed E-state index contributed by atoms with van der Waals surface area (Å²) in [6.45, 7) is 4.56. The summed E-state index contributed by atoms with van der Waals surface area (Å²) in [5, 5.41) is 20.0. The minimum atomic E-state index is -0.434. The Kier molecular flexibility index (Phi) is 6.66. The number of ether oxygens (including phenoxy) is 1. The highest BCUT2D eigenvalue weighted by atomic mass is 32.2. The molecular formula is C13H19NO4S. The maximum Gasteiger partial charge on any atom is 0.310 e. The Balaban J connectivity index is 2.87. The number of aliphatic hydroxyl groups excluding tert-OH is 1. The van der Waals surface area contributed by atoms with Crippen molar-refractivity contribution < 1.29 is 14.8 Å². The zero-order chi connectivity index (χ0) is 14.3. The van der Waals surface area contributed by atoms with E-state index in [9.17, 15) is 10.1 Å². The van der Waals surface area contributed by atoms with Crippen LogP contribution in [0.1, 0.15) is 26.7 Å². The Morgan fingerprint density at radius 2 is 2.26 bits per heavy atom. The summed E-state index contributed by atoms with van der Waals surface area (Å²) in [6.07, 6.45) is 1.49. The molecule has 5 nitrogen and oxygen atoms in total. The monoisotopic (exact) mass is 285 g/mol. The van der Waals surface area contributed by atoms with E-state index < -0.39 is 4.92 Å². The van der Waals surface area contributed by atoms with Gasteiger partial charge in [-0.1, -0.05) is 13.8 Å². The molecule has 6 heteroatoms. The predicted octanol–water partition coefficient (Wildman–Crippen LogP) is 3.25. The normalized spacial score (nSPS) is 12.2. The molecule has 1 N–H and O–H groups in total. The third-order valence-electron chi connectivity index (χ3n) is 2.46. The first-order valence-electron chi connectivity index (χ1n) is 6.27. The summed E-state index contributed by atoms with van der Waals surface area (Å²) in [5.74, 6) is 0.313. The number of hydrogen-bond acceptors (Lipinski definition) is 5. The molecule has 1 aromatic carbocycles. The molecule has 0 amide bonds. The van der Waals surface area contributed by atoms with Gasteiger partial charge in [-0.3, -0.25) is 10.1 Å². The highest BCUT2D eigenvalue weighted by Gasteiger charge is 2.16. The van der Waals surface area contributed by atoms with E-state index in [2.05, 4.69) is 0 Å². The lowest BCUT2D eigenvalue weighted by atomic mass is 10.3. The zero-order valence-corrected chi connectivity index (χ0v) is 12.0. The molecular weight excluding hydrogens is 266 g/mol. The van der Waals surface area contributed by atoms with Crippen molar-refractivity contribution in [3.8, 4) is 5.75 Å². The molecule has 19 heavy (non-hydrogen) atoms. The van der Waals surface area contributed by atoms with Crippen molar-refractivity contribution in [2.24, 2.45) is 0 Å². The number of rotatable bonds is 8. The number of benzene rings is 1. The summed E-state index contributed by atoms with van der Waals surface area (Å²) in [5.41, 5.74) is -0.00684. The molecule has 0 aliphatic carbocycles. The van der Waals surface area contributed by atoms with Gasteiger partial charge in [0.2, 0.25) is 0 Å². The minimum absolute atomic E-state index is 0.00684. The van der Waals surface area contributed by atoms with E-state index in [1.54, 1.807) is 23.9 Å². The number of nitro benzene ring substituents is 1. The van der Waals surface area contributed by atoms with Gasteiger partial charge in [0.1, 0.15) is 0 Å². The van der Waals surface area contributed by atoms with Gasteiger partial charge in [0.15, 0.2) is 5.75 Å². The van der Waals surface area contributed by atoms with E-state index >= 15 is 0 Å². The number of aliphatic hydroxyl groups is 1. The maximum absolute atomic E-state index is 10.9. The molecule has 1 unspecified atom stereocenters. The third-order valence-corrected chi connectivity index (χ3v) is 3.63. The van der Waals surface area contributed by atoms with E-state index in [0.29, 0.717) is 18.8 Å². The first-order valence-corrected chi connectivity index (χ1v) is 7.15. The van der Waals surface area contributed by atoms with Crippen LogP contribution in [-0.4, -0.2) is 28.5 Å². The van der Waals surface area contributed by atoms with Gasteiger partial charge < -0.3 is 9.84 Å². The molecule has 0 heterocycles. The second-order valence-electron chi connectivity index (χ2n) is 4.18. The standard InChI is InChI=1S/C13H19NO4S/c1-3-8-18-13-9-11(19-10(2)6-7-15)4-5-12(13)14(16)17/h4-5,9-10,15H,3,6-8H2,1-2H3. The van der Waals surface area contributed by atoms with E-state index in [-0.39, 0.29) is 17.5 Å². The lowest BCUT2D eigenvalue weighted by Gasteiger charge is -2.11. The van der Waals surface area contributed by atoms with Gasteiger partial charge in [0.25, 0.3) is 0 Å². The molecule has 1 rings (SSSR count). The average Bonchev–Trinajstić information content (AvgIpc) is 2.36. The van der Waals surface area contributed by atoms with Crippen molar-refractivity contribution in [1.29, 1.82) is 0 Å². The summed E-state index contributed by atoms with van der Waals surface area (Å²) < 4.78 is 5.43. The molecule has 0 aromatic heterocycles. The molecule has 0 radical (unpaired) electrons. The quantitative estimate of drug-likeness (QED) is 0.451. The first kappa shape index (κ1) is 15.8. The van der Waals surface area contributed by atoms with Crippen molar-refractivity contribution in [1.82, 2.24) is 0 Å². The number of hydrogen-bond donors (Lipinski definition) is 1. The van der Waals surface area contributed by atoms with Crippen LogP contribution in [0.25, 0.3) is 0 Å². The van der Waals surface area contributed by atoms with Crippen LogP contribution in [0.15, 0.2) is 23.1 Å². The fraction of sp³-hybridized carbons (Fsp3) is 0.538. The Bertz CT molecular complexity index is 425. The molecule has 0 saturated carbocycles. The third kappa shape index (κ3) is 5.08. The Labute approximate surface area is 117 Å². The molecule has 0 aliphatic rings. The van der Waals surface area contributed by atoms with Gasteiger partial charge in [0, 0.05) is 28.9 Å². The van der Waals surface area contributed by atoms with E-state index in [0.717, 1.165) is 11.3 Å². The van der Waals surface area contributed by atoms with Crippen molar-refractivity contribution in [3.63, 3.8) is 0 Å². The number of nitro groups is 1. The fourth-order valence-corrected chi connectivity index (χ4v) is 2.53. The van der Waals surface area contributed by atoms with Gasteiger partial charge in [-0.2, -0.15) is 0 Å². The summed E-state index contributed by atoms with van der Waals surface area (Å²) in [4.78, 5) is 11.4. The smallest absolute Gasteiger partial charge is 0.310 e. The van der Waals surface area contributed by atoms with E-state index in [4.69, 9.17) is 9.84 Å². The lowest BCUT2D eigenvalue weighted by Crippen LogP contribution is -2.01. The molecule has 0 aliphatic heterocycles. The molecule has 0 saturated heterocycles. The SMILES string of the molecule is CCCOc1cc(SC(C)CCO)ccc1[N+](=O)[O-]. The van der Waals surface area contributed by atoms with Crippen LogP contribution in [0.2, 0.25) is 0 Å². The number of nitrogens with zero attached hydrogens (tertiary/aromatic N) is 1. The van der Waals surface area contributed by atoms with Gasteiger partial charge in [-0.25, -0.2) is 0 Å². The van der Waals surface area contributed by atoms with Crippen LogP contribution in [0.3, 0.4) is 0 Å². The van der Waals surface area contributed by atoms with Crippen LogP contribution in [0, 0.1) is 10.1 Å². The van der Waals surface area contributed by atoms with Crippen LogP contribution in [0.4, 0.5) is 5.69 Å². The van der Waals surface area contributed by atoms with Crippen LogP contribution in [-0.2, 0) is 0 Å². The Hall–Kier alpha value is -1.27. The Morgan fingerprint density at radius 1 is 1.53 bits per heavy atom. The molecule has 0 bridgehead atoms. The zero-order valence-electron chi connectivity index (χ0n) is 11.2. The van der Waals surface area contributed by atoms with Crippen molar-refractivity contribution >= 4 is 17.4 Å². The van der Waals surface area contributed by atoms with Crippen LogP contribution < -0.4 is 4.74 Å². The highest BCUT2D eigenvalue weighted by Crippen LogP contribution is 2.34. The van der Waals surface area contributed by atoms with Gasteiger partial charge >= 0.3 is 5.69 Å². The molecule has 1 aromatic rings. The van der Waals surface area contributed by atoms with Gasteiger partial charge in [0.05, 0.1) is 11.5 Å². The van der Waals surface area contributed by atoms with Crippen LogP contribution in [0.5, 0.6) is 5.75 Å². The minimum Gasteiger partial charge on any atom is -0.487 e. The largest absolute Gasteiger partial charge is 0.487 e. The molecule has 1 atom stereocenters. The summed E-state index contributed by atoms with van der Waals surface area (Å²) >= 11 is 1.57. The van der Waals surface area contributed by atoms with Crippen LogP contribution >= 0.6 is 11.8 Å². The average molecular weight is 285 g/mol. The van der Waals surface area contributed by atoms with E-state index in [1.807, 2.05) is 13.8 Å².